The smallest absolute Gasteiger partial charge is 0.224 e. The summed E-state index contributed by atoms with van der Waals surface area (Å²) >= 11 is 0. The van der Waals surface area contributed by atoms with E-state index in [-0.39, 0.29) is 5.91 Å². The number of carbonyl (C=O) groups excluding carboxylic acids is 1. The lowest BCUT2D eigenvalue weighted by molar-refractivity contribution is -0.131. The van der Waals surface area contributed by atoms with Gasteiger partial charge in [0, 0.05) is 35.6 Å². The Labute approximate surface area is 140 Å². The topological polar surface area (TPSA) is 59.9 Å². The van der Waals surface area contributed by atoms with Gasteiger partial charge in [0.2, 0.25) is 5.91 Å². The maximum absolute atomic E-state index is 12.5. The maximum Gasteiger partial charge on any atom is 0.224 e. The van der Waals surface area contributed by atoms with Gasteiger partial charge in [-0.2, -0.15) is 5.26 Å². The molecule has 0 bridgehead atoms. The zero-order chi connectivity index (χ0) is 16.6. The molecule has 1 amide bonds. The molecule has 4 nitrogen and oxygen atoms in total. The number of nitriles is 1. The summed E-state index contributed by atoms with van der Waals surface area (Å²) in [6, 6.07) is 20.2. The van der Waals surface area contributed by atoms with Crippen molar-refractivity contribution in [1.29, 1.82) is 5.26 Å². The lowest BCUT2D eigenvalue weighted by Crippen LogP contribution is -2.41. The molecule has 1 atom stereocenters. The van der Waals surface area contributed by atoms with E-state index < -0.39 is 5.54 Å². The fourth-order valence-corrected chi connectivity index (χ4v) is 3.63. The molecular weight excluding hydrogens is 298 g/mol. The number of fused-ring (bicyclic) bond motifs is 1. The summed E-state index contributed by atoms with van der Waals surface area (Å²) in [7, 11) is 0. The van der Waals surface area contributed by atoms with Gasteiger partial charge < -0.3 is 9.88 Å². The number of aromatic amines is 1. The van der Waals surface area contributed by atoms with Crippen LogP contribution < -0.4 is 0 Å². The highest BCUT2D eigenvalue weighted by Gasteiger charge is 2.48. The molecule has 0 aliphatic carbocycles. The Bertz CT molecular complexity index is 938. The lowest BCUT2D eigenvalue weighted by Gasteiger charge is -2.32. The number of hydrogen-bond donors (Lipinski definition) is 1. The van der Waals surface area contributed by atoms with Gasteiger partial charge in [-0.3, -0.25) is 4.79 Å². The van der Waals surface area contributed by atoms with Gasteiger partial charge in [0.05, 0.1) is 6.07 Å². The van der Waals surface area contributed by atoms with E-state index >= 15 is 0 Å². The highest BCUT2D eigenvalue weighted by molar-refractivity contribution is 5.88. The second kappa shape index (κ2) is 5.54. The molecule has 0 radical (unpaired) electrons. The molecule has 0 saturated carbocycles. The van der Waals surface area contributed by atoms with Crippen molar-refractivity contribution in [2.45, 2.75) is 24.9 Å². The molecule has 1 saturated heterocycles. The van der Waals surface area contributed by atoms with Gasteiger partial charge in [0.25, 0.3) is 0 Å². The SMILES string of the molecule is N#C[C@@]1(c2c[nH]c3ccccc23)CCC(=O)N1Cc1ccccc1. The second-order valence-electron chi connectivity index (χ2n) is 6.19. The molecule has 4 rings (SSSR count). The van der Waals surface area contributed by atoms with Crippen molar-refractivity contribution in [1.82, 2.24) is 9.88 Å². The van der Waals surface area contributed by atoms with Gasteiger partial charge in [0.15, 0.2) is 5.54 Å². The first kappa shape index (κ1) is 14.5. The predicted octanol–water partition coefficient (Wildman–Crippen LogP) is 3.71. The van der Waals surface area contributed by atoms with Gasteiger partial charge in [-0.1, -0.05) is 48.5 Å². The van der Waals surface area contributed by atoms with E-state index in [0.717, 1.165) is 22.0 Å². The van der Waals surface area contributed by atoms with Gasteiger partial charge in [-0.05, 0) is 18.1 Å². The van der Waals surface area contributed by atoms with Crippen LogP contribution >= 0.6 is 0 Å². The number of amides is 1. The Balaban J connectivity index is 1.83. The Morgan fingerprint density at radius 3 is 2.67 bits per heavy atom. The van der Waals surface area contributed by atoms with E-state index in [1.807, 2.05) is 60.8 Å². The molecule has 0 unspecified atom stereocenters. The van der Waals surface area contributed by atoms with Crippen LogP contribution in [-0.4, -0.2) is 15.8 Å². The van der Waals surface area contributed by atoms with E-state index in [0.29, 0.717) is 19.4 Å². The normalized spacial score (nSPS) is 20.5. The molecule has 1 aromatic heterocycles. The predicted molar refractivity (Wildman–Crippen MR) is 91.8 cm³/mol. The van der Waals surface area contributed by atoms with Crippen molar-refractivity contribution in [3.8, 4) is 6.07 Å². The van der Waals surface area contributed by atoms with E-state index in [4.69, 9.17) is 0 Å². The first-order valence-electron chi connectivity index (χ1n) is 8.07. The Hall–Kier alpha value is -3.06. The van der Waals surface area contributed by atoms with Crippen molar-refractivity contribution in [2.24, 2.45) is 0 Å². The Kier molecular flexibility index (Phi) is 3.35. The molecule has 2 aromatic carbocycles. The van der Waals surface area contributed by atoms with Crippen LogP contribution in [-0.2, 0) is 16.9 Å². The molecule has 24 heavy (non-hydrogen) atoms. The summed E-state index contributed by atoms with van der Waals surface area (Å²) in [5, 5.41) is 11.1. The van der Waals surface area contributed by atoms with E-state index in [2.05, 4.69) is 11.1 Å². The van der Waals surface area contributed by atoms with Gasteiger partial charge in [-0.15, -0.1) is 0 Å². The van der Waals surface area contributed by atoms with E-state index in [9.17, 15) is 10.1 Å². The number of hydrogen-bond acceptors (Lipinski definition) is 2. The number of nitrogens with one attached hydrogen (secondary N) is 1. The summed E-state index contributed by atoms with van der Waals surface area (Å²) in [6.07, 6.45) is 2.81. The van der Waals surface area contributed by atoms with Crippen LogP contribution in [0.5, 0.6) is 0 Å². The second-order valence-corrected chi connectivity index (χ2v) is 6.19. The summed E-state index contributed by atoms with van der Waals surface area (Å²) in [5.41, 5.74) is 2.00. The quantitative estimate of drug-likeness (QED) is 0.801. The molecule has 1 aliphatic heterocycles. The number of carbonyl (C=O) groups is 1. The van der Waals surface area contributed by atoms with Crippen LogP contribution in [0.1, 0.15) is 24.0 Å². The lowest BCUT2D eigenvalue weighted by atomic mass is 9.88. The van der Waals surface area contributed by atoms with Crippen molar-refractivity contribution in [2.75, 3.05) is 0 Å². The standard InChI is InChI=1S/C20H17N3O/c21-14-20(17-12-22-18-9-5-4-8-16(17)18)11-10-19(24)23(20)13-15-6-2-1-3-7-15/h1-9,12,22H,10-11,13H2/t20-/m1/s1. The minimum absolute atomic E-state index is 0.0330. The average Bonchev–Trinajstić information content (AvgIpc) is 3.19. The number of rotatable bonds is 3. The maximum atomic E-state index is 12.5. The molecule has 1 fully saturated rings. The minimum atomic E-state index is -0.910. The fourth-order valence-electron chi connectivity index (χ4n) is 3.63. The molecule has 0 spiro atoms. The van der Waals surface area contributed by atoms with Crippen molar-refractivity contribution >= 4 is 16.8 Å². The van der Waals surface area contributed by atoms with E-state index in [1.54, 1.807) is 4.90 Å². The van der Waals surface area contributed by atoms with Crippen molar-refractivity contribution < 1.29 is 4.79 Å². The highest BCUT2D eigenvalue weighted by atomic mass is 16.2. The third-order valence-electron chi connectivity index (χ3n) is 4.87. The molecule has 3 aromatic rings. The van der Waals surface area contributed by atoms with E-state index in [1.165, 1.54) is 0 Å². The third-order valence-corrected chi connectivity index (χ3v) is 4.87. The molecular formula is C20H17N3O. The zero-order valence-corrected chi connectivity index (χ0v) is 13.2. The number of benzene rings is 2. The first-order valence-corrected chi connectivity index (χ1v) is 8.07. The van der Waals surface area contributed by atoms with Crippen LogP contribution in [0, 0.1) is 11.3 Å². The molecule has 1 aliphatic rings. The van der Waals surface area contributed by atoms with Gasteiger partial charge in [-0.25, -0.2) is 0 Å². The Morgan fingerprint density at radius 1 is 1.12 bits per heavy atom. The number of nitrogens with zero attached hydrogens (tertiary/aromatic N) is 2. The molecule has 118 valence electrons. The van der Waals surface area contributed by atoms with Gasteiger partial charge in [0.1, 0.15) is 0 Å². The highest BCUT2D eigenvalue weighted by Crippen LogP contribution is 2.42. The number of likely N-dealkylation sites (tertiary alicyclic amines) is 1. The minimum Gasteiger partial charge on any atom is -0.361 e. The average molecular weight is 315 g/mol. The summed E-state index contributed by atoms with van der Waals surface area (Å²) in [4.78, 5) is 17.5. The van der Waals surface area contributed by atoms with Crippen LogP contribution in [0.3, 0.4) is 0 Å². The fraction of sp³-hybridized carbons (Fsp3) is 0.200. The molecule has 2 heterocycles. The van der Waals surface area contributed by atoms with Crippen molar-refractivity contribution in [3.63, 3.8) is 0 Å². The summed E-state index contributed by atoms with van der Waals surface area (Å²) in [5.74, 6) is 0.0330. The largest absolute Gasteiger partial charge is 0.361 e. The summed E-state index contributed by atoms with van der Waals surface area (Å²) < 4.78 is 0. The van der Waals surface area contributed by atoms with Crippen LogP contribution in [0.25, 0.3) is 10.9 Å². The summed E-state index contributed by atoms with van der Waals surface area (Å²) in [6.45, 7) is 0.451. The zero-order valence-electron chi connectivity index (χ0n) is 13.2. The molecule has 1 N–H and O–H groups in total. The number of para-hydroxylation sites is 1. The first-order chi connectivity index (χ1) is 11.7. The number of H-pyrrole nitrogens is 1. The van der Waals surface area contributed by atoms with Crippen LogP contribution in [0.4, 0.5) is 0 Å². The number of aromatic nitrogens is 1. The van der Waals surface area contributed by atoms with Crippen LogP contribution in [0.2, 0.25) is 0 Å². The third kappa shape index (κ3) is 2.10. The van der Waals surface area contributed by atoms with Crippen molar-refractivity contribution in [3.05, 3.63) is 71.9 Å². The monoisotopic (exact) mass is 315 g/mol. The van der Waals surface area contributed by atoms with Crippen LogP contribution in [0.15, 0.2) is 60.8 Å². The Morgan fingerprint density at radius 2 is 1.88 bits per heavy atom. The molecule has 4 heteroatoms. The van der Waals surface area contributed by atoms with Gasteiger partial charge >= 0.3 is 0 Å².